The Morgan fingerprint density at radius 1 is 1.40 bits per heavy atom. The summed E-state index contributed by atoms with van der Waals surface area (Å²) in [6.45, 7) is 0. The van der Waals surface area contributed by atoms with Crippen LogP contribution in [0.3, 0.4) is 0 Å². The van der Waals surface area contributed by atoms with E-state index in [1.54, 1.807) is 18.5 Å². The topological polar surface area (TPSA) is 64.5 Å². The van der Waals surface area contributed by atoms with Crippen molar-refractivity contribution in [3.8, 4) is 6.07 Å². The summed E-state index contributed by atoms with van der Waals surface area (Å²) in [7, 11) is 0. The molecule has 1 aromatic heterocycles. The second-order valence-electron chi connectivity index (χ2n) is 2.90. The van der Waals surface area contributed by atoms with Crippen LogP contribution < -0.4 is 5.32 Å². The lowest BCUT2D eigenvalue weighted by Crippen LogP contribution is -1.93. The highest BCUT2D eigenvalue weighted by molar-refractivity contribution is 5.56. The van der Waals surface area contributed by atoms with Gasteiger partial charge in [-0.05, 0) is 18.2 Å². The van der Waals surface area contributed by atoms with Gasteiger partial charge in [0.05, 0.1) is 11.6 Å². The normalized spacial score (nSPS) is 9.60. The first-order valence-electron chi connectivity index (χ1n) is 4.25. The van der Waals surface area contributed by atoms with Crippen molar-refractivity contribution in [2.24, 2.45) is 0 Å². The molecule has 0 radical (unpaired) electrons. The Bertz CT molecular complexity index is 499. The van der Waals surface area contributed by atoms with E-state index < -0.39 is 5.82 Å². The molecule has 0 saturated heterocycles. The molecule has 0 spiro atoms. The first-order valence-corrected chi connectivity index (χ1v) is 4.25. The number of nitrogens with zero attached hydrogens (tertiary/aromatic N) is 2. The maximum Gasteiger partial charge on any atom is 0.204 e. The van der Waals surface area contributed by atoms with Gasteiger partial charge in [0, 0.05) is 18.1 Å². The molecular weight excluding hydrogens is 195 g/mol. The van der Waals surface area contributed by atoms with Crippen LogP contribution in [-0.2, 0) is 0 Å². The molecule has 15 heavy (non-hydrogen) atoms. The molecule has 2 aromatic rings. The summed E-state index contributed by atoms with van der Waals surface area (Å²) in [6.07, 6.45) is 3.22. The van der Waals surface area contributed by atoms with Gasteiger partial charge in [-0.25, -0.2) is 9.37 Å². The van der Waals surface area contributed by atoms with Gasteiger partial charge < -0.3 is 10.3 Å². The van der Waals surface area contributed by atoms with Crippen LogP contribution in [0.15, 0.2) is 30.6 Å². The summed E-state index contributed by atoms with van der Waals surface area (Å²) < 4.78 is 13.0. The second kappa shape index (κ2) is 3.80. The van der Waals surface area contributed by atoms with Gasteiger partial charge in [0.25, 0.3) is 0 Å². The van der Waals surface area contributed by atoms with Gasteiger partial charge in [0.1, 0.15) is 5.82 Å². The molecule has 0 saturated carbocycles. The number of hydrogen-bond acceptors (Lipinski definition) is 3. The van der Waals surface area contributed by atoms with Crippen LogP contribution in [0, 0.1) is 17.1 Å². The van der Waals surface area contributed by atoms with Crippen LogP contribution in [0.5, 0.6) is 0 Å². The molecule has 0 aliphatic heterocycles. The average Bonchev–Trinajstić information content (AvgIpc) is 2.69. The molecule has 0 atom stereocenters. The third kappa shape index (κ3) is 2.11. The van der Waals surface area contributed by atoms with E-state index in [-0.39, 0.29) is 5.56 Å². The van der Waals surface area contributed by atoms with Gasteiger partial charge in [0.2, 0.25) is 5.95 Å². The van der Waals surface area contributed by atoms with Crippen molar-refractivity contribution in [2.45, 2.75) is 0 Å². The number of rotatable bonds is 2. The van der Waals surface area contributed by atoms with Crippen molar-refractivity contribution < 1.29 is 4.39 Å². The molecule has 0 aliphatic carbocycles. The van der Waals surface area contributed by atoms with Crippen LogP contribution in [-0.4, -0.2) is 9.97 Å². The van der Waals surface area contributed by atoms with Crippen molar-refractivity contribution >= 4 is 11.6 Å². The molecule has 4 nitrogen and oxygen atoms in total. The van der Waals surface area contributed by atoms with Gasteiger partial charge in [0.15, 0.2) is 0 Å². The molecule has 2 N–H and O–H groups in total. The van der Waals surface area contributed by atoms with Gasteiger partial charge >= 0.3 is 0 Å². The van der Waals surface area contributed by atoms with Gasteiger partial charge in [-0.1, -0.05) is 0 Å². The quantitative estimate of drug-likeness (QED) is 0.784. The van der Waals surface area contributed by atoms with Crippen LogP contribution in [0.4, 0.5) is 16.0 Å². The fraction of sp³-hybridized carbons (Fsp3) is 0. The summed E-state index contributed by atoms with van der Waals surface area (Å²) in [5, 5.41) is 11.5. The van der Waals surface area contributed by atoms with E-state index in [2.05, 4.69) is 15.3 Å². The average molecular weight is 202 g/mol. The lowest BCUT2D eigenvalue weighted by Gasteiger charge is -2.02. The number of aromatic nitrogens is 2. The van der Waals surface area contributed by atoms with Crippen LogP contribution in [0.1, 0.15) is 5.56 Å². The Labute approximate surface area is 85.4 Å². The van der Waals surface area contributed by atoms with Crippen molar-refractivity contribution in [3.63, 3.8) is 0 Å². The maximum absolute atomic E-state index is 13.0. The summed E-state index contributed by atoms with van der Waals surface area (Å²) in [5.41, 5.74) is 0.755. The minimum Gasteiger partial charge on any atom is -0.331 e. The molecule has 0 amide bonds. The number of nitriles is 1. The molecule has 0 unspecified atom stereocenters. The van der Waals surface area contributed by atoms with Crippen molar-refractivity contribution in [1.82, 2.24) is 9.97 Å². The number of hydrogen-bond donors (Lipinski definition) is 2. The number of nitrogens with one attached hydrogen (secondary N) is 2. The van der Waals surface area contributed by atoms with Crippen molar-refractivity contribution in [1.29, 1.82) is 5.26 Å². The smallest absolute Gasteiger partial charge is 0.204 e. The fourth-order valence-electron chi connectivity index (χ4n) is 1.20. The molecule has 1 heterocycles. The third-order valence-corrected chi connectivity index (χ3v) is 1.79. The largest absolute Gasteiger partial charge is 0.331 e. The Balaban J connectivity index is 2.29. The van der Waals surface area contributed by atoms with Crippen LogP contribution in [0.25, 0.3) is 0 Å². The van der Waals surface area contributed by atoms with E-state index in [0.29, 0.717) is 11.6 Å². The SMILES string of the molecule is N#Cc1cc(F)cc(Nc2ncc[nH]2)c1. The van der Waals surface area contributed by atoms with Crippen LogP contribution in [0.2, 0.25) is 0 Å². The Morgan fingerprint density at radius 2 is 2.27 bits per heavy atom. The monoisotopic (exact) mass is 202 g/mol. The summed E-state index contributed by atoms with van der Waals surface area (Å²) in [5.74, 6) is 0.0487. The van der Waals surface area contributed by atoms with Crippen molar-refractivity contribution in [2.75, 3.05) is 5.32 Å². The Hall–Kier alpha value is -2.35. The van der Waals surface area contributed by atoms with E-state index in [4.69, 9.17) is 5.26 Å². The van der Waals surface area contributed by atoms with Crippen LogP contribution >= 0.6 is 0 Å². The zero-order valence-electron chi connectivity index (χ0n) is 7.66. The Morgan fingerprint density at radius 3 is 2.93 bits per heavy atom. The molecule has 1 aromatic carbocycles. The number of imidazole rings is 1. The Kier molecular flexibility index (Phi) is 2.33. The standard InChI is InChI=1S/C10H7FN4/c11-8-3-7(6-12)4-9(5-8)15-10-13-1-2-14-10/h1-5H,(H2,13,14,15). The zero-order valence-corrected chi connectivity index (χ0v) is 7.66. The van der Waals surface area contributed by atoms with Gasteiger partial charge in [-0.2, -0.15) is 5.26 Å². The number of H-pyrrole nitrogens is 1. The summed E-state index contributed by atoms with van der Waals surface area (Å²) in [6, 6.07) is 5.89. The van der Waals surface area contributed by atoms with Gasteiger partial charge in [-0.15, -0.1) is 0 Å². The number of aromatic amines is 1. The molecule has 0 bridgehead atoms. The van der Waals surface area contributed by atoms with E-state index in [1.165, 1.54) is 12.1 Å². The highest BCUT2D eigenvalue weighted by atomic mass is 19.1. The molecule has 0 aliphatic rings. The fourth-order valence-corrected chi connectivity index (χ4v) is 1.20. The summed E-state index contributed by atoms with van der Waals surface area (Å²) in [4.78, 5) is 6.74. The van der Waals surface area contributed by atoms with E-state index >= 15 is 0 Å². The minimum atomic E-state index is -0.455. The third-order valence-electron chi connectivity index (χ3n) is 1.79. The first-order chi connectivity index (χ1) is 7.28. The number of benzene rings is 1. The van der Waals surface area contributed by atoms with E-state index in [9.17, 15) is 4.39 Å². The predicted molar refractivity (Wildman–Crippen MR) is 53.0 cm³/mol. The number of anilines is 2. The molecular formula is C10H7FN4. The lowest BCUT2D eigenvalue weighted by molar-refractivity contribution is 0.628. The first kappa shape index (κ1) is 9.21. The minimum absolute atomic E-state index is 0.268. The van der Waals surface area contributed by atoms with E-state index in [0.717, 1.165) is 0 Å². The molecule has 74 valence electrons. The predicted octanol–water partition coefficient (Wildman–Crippen LogP) is 2.16. The summed E-state index contributed by atoms with van der Waals surface area (Å²) >= 11 is 0. The highest BCUT2D eigenvalue weighted by Gasteiger charge is 2.01. The van der Waals surface area contributed by atoms with E-state index in [1.807, 2.05) is 6.07 Å². The van der Waals surface area contributed by atoms with Gasteiger partial charge in [-0.3, -0.25) is 0 Å². The zero-order chi connectivity index (χ0) is 10.7. The highest BCUT2D eigenvalue weighted by Crippen LogP contribution is 2.16. The molecule has 5 heteroatoms. The molecule has 2 rings (SSSR count). The second-order valence-corrected chi connectivity index (χ2v) is 2.90. The number of halogens is 1. The lowest BCUT2D eigenvalue weighted by atomic mass is 10.2. The van der Waals surface area contributed by atoms with Crippen molar-refractivity contribution in [3.05, 3.63) is 42.0 Å². The maximum atomic E-state index is 13.0. The molecule has 0 fully saturated rings.